The van der Waals surface area contributed by atoms with E-state index >= 15 is 0 Å². The van der Waals surface area contributed by atoms with Crippen LogP contribution in [0.2, 0.25) is 0 Å². The molecule has 7 nitrogen and oxygen atoms in total. The summed E-state index contributed by atoms with van der Waals surface area (Å²) in [5.74, 6) is 0. The van der Waals surface area contributed by atoms with Crippen LogP contribution in [-0.4, -0.2) is 11.3 Å². The minimum Gasteiger partial charge on any atom is -0.456 e. The van der Waals surface area contributed by atoms with Gasteiger partial charge in [-0.1, -0.05) is 314 Å². The van der Waals surface area contributed by atoms with E-state index in [1.54, 1.807) is 0 Å². The molecule has 0 N–H and O–H groups in total. The molecule has 5 aromatic heterocycles. The Balaban J connectivity index is 0.928. The molecule has 0 unspecified atom stereocenters. The van der Waals surface area contributed by atoms with E-state index in [0.29, 0.717) is 0 Å². The maximum absolute atomic E-state index is 9.90. The van der Waals surface area contributed by atoms with Gasteiger partial charge in [-0.15, -0.1) is 0 Å². The first-order valence-corrected chi connectivity index (χ1v) is 46.5. The van der Waals surface area contributed by atoms with Crippen molar-refractivity contribution in [3.8, 4) is 83.6 Å². The molecule has 0 bridgehead atoms. The van der Waals surface area contributed by atoms with Gasteiger partial charge in [0.05, 0.1) is 28.1 Å². The highest BCUT2D eigenvalue weighted by Gasteiger charge is 2.47. The highest BCUT2D eigenvalue weighted by molar-refractivity contribution is 7.00. The summed E-state index contributed by atoms with van der Waals surface area (Å²) in [7, 11) is 0. The quantitative estimate of drug-likeness (QED) is 0.127. The van der Waals surface area contributed by atoms with E-state index in [0.717, 1.165) is 255 Å². The average Bonchev–Trinajstić information content (AvgIpc) is 0.780. The molecule has 2 aliphatic heterocycles. The van der Waals surface area contributed by atoms with Crippen LogP contribution in [0.3, 0.4) is 0 Å². The second-order valence-electron chi connectivity index (χ2n) is 40.8. The average molecular weight is 1720 g/mol. The molecule has 2 aliphatic rings. The molecule has 8 heteroatoms. The van der Waals surface area contributed by atoms with Crippen molar-refractivity contribution in [1.29, 1.82) is 0 Å². The van der Waals surface area contributed by atoms with Crippen LogP contribution in [0.15, 0.2) is 376 Å². The third-order valence-electron chi connectivity index (χ3n) is 28.4. The lowest BCUT2D eigenvalue weighted by molar-refractivity contribution is 0.572. The van der Waals surface area contributed by atoms with Gasteiger partial charge in [0.1, 0.15) is 44.7 Å². The Morgan fingerprint density at radius 2 is 0.632 bits per heavy atom. The van der Waals surface area contributed by atoms with Gasteiger partial charge in [0, 0.05) is 103 Å². The third-order valence-corrected chi connectivity index (χ3v) is 28.4. The van der Waals surface area contributed by atoms with E-state index < -0.39 is 29.8 Å². The number of para-hydroxylation sites is 5. The molecule has 0 fully saturated rings. The fraction of sp³-hybridized carbons (Fsp3) is 0.136. The van der Waals surface area contributed by atoms with E-state index in [-0.39, 0.29) is 11.0 Å². The fourth-order valence-corrected chi connectivity index (χ4v) is 22.0. The van der Waals surface area contributed by atoms with Crippen LogP contribution in [0.1, 0.15) is 115 Å². The van der Waals surface area contributed by atoms with Crippen LogP contribution >= 0.6 is 0 Å². The van der Waals surface area contributed by atoms with Crippen molar-refractivity contribution in [2.24, 2.45) is 0 Å². The first-order valence-electron chi connectivity index (χ1n) is 48.0. The highest BCUT2D eigenvalue weighted by Crippen LogP contribution is 2.59. The minimum absolute atomic E-state index is 0.205. The van der Waals surface area contributed by atoms with Crippen molar-refractivity contribution in [1.82, 2.24) is 4.57 Å². The lowest BCUT2D eigenvalue weighted by atomic mass is 9.33. The topological polar surface area (TPSA) is 64.0 Å². The van der Waals surface area contributed by atoms with Crippen LogP contribution in [0.25, 0.3) is 193 Å². The number of aromatic nitrogens is 1. The zero-order valence-corrected chi connectivity index (χ0v) is 76.6. The van der Waals surface area contributed by atoms with Crippen molar-refractivity contribution >= 4 is 167 Å². The SMILES string of the molecule is [2H]C([2H])([2H])c1ccc2c(c1)N(c1c(-c3cccc4oc5ccccc5c34)cc(C(C)(C)C)cc1-c1cccc3oc4ccccc4c13)c1cc(-n3c4ccccc4c4cc(C(C)(C)C)cc(C(C)(C)C)c43)cc3c1B2c1cc(-c2cc(-c4ccccc4)cc(-c4ccccc4)c2)ccc1N3c1c(-c2cccc3oc4ccccc4c23)cc(C(C)(C)C)cc1-c1cccc2oc3ccccc3c12. The Morgan fingerprint density at radius 3 is 1.05 bits per heavy atom. The molecule has 640 valence electrons. The second kappa shape index (κ2) is 29.3. The zero-order chi connectivity index (χ0) is 92.6. The number of rotatable bonds is 10. The number of fused-ring (bicyclic) bond motifs is 19. The summed E-state index contributed by atoms with van der Waals surface area (Å²) in [5.41, 5.74) is 34.7. The normalized spacial score (nSPS) is 13.5. The van der Waals surface area contributed by atoms with Crippen molar-refractivity contribution < 1.29 is 21.8 Å². The molecular weight excluding hydrogens is 1620 g/mol. The third kappa shape index (κ3) is 12.5. The number of nitrogens with zero attached hydrogens (tertiary/aromatic N) is 3. The molecule has 0 spiro atoms. The number of hydrogen-bond acceptors (Lipinski definition) is 6. The van der Waals surface area contributed by atoms with Crippen LogP contribution in [-0.2, 0) is 21.7 Å². The van der Waals surface area contributed by atoms with Crippen LogP contribution in [0.5, 0.6) is 0 Å². The first kappa shape index (κ1) is 76.5. The molecular formula is C125H98BN3O4. The van der Waals surface area contributed by atoms with Gasteiger partial charge in [-0.2, -0.15) is 0 Å². The molecule has 0 saturated heterocycles. The van der Waals surface area contributed by atoms with E-state index in [1.807, 2.05) is 24.3 Å². The summed E-state index contributed by atoms with van der Waals surface area (Å²) >= 11 is 0. The first-order chi connectivity index (χ1) is 65.6. The van der Waals surface area contributed by atoms with E-state index in [1.165, 1.54) is 11.1 Å². The predicted octanol–water partition coefficient (Wildman–Crippen LogP) is 33.6. The molecule has 23 aromatic rings. The van der Waals surface area contributed by atoms with Crippen LogP contribution < -0.4 is 26.2 Å². The minimum atomic E-state index is -2.59. The summed E-state index contributed by atoms with van der Waals surface area (Å²) in [6.07, 6.45) is 0. The molecule has 7 heterocycles. The van der Waals surface area contributed by atoms with Gasteiger partial charge in [0.2, 0.25) is 0 Å². The van der Waals surface area contributed by atoms with Gasteiger partial charge in [-0.3, -0.25) is 0 Å². The monoisotopic (exact) mass is 1720 g/mol. The highest BCUT2D eigenvalue weighted by atomic mass is 16.3. The molecule has 0 saturated carbocycles. The molecule has 0 atom stereocenters. The molecule has 0 radical (unpaired) electrons. The molecule has 133 heavy (non-hydrogen) atoms. The van der Waals surface area contributed by atoms with Gasteiger partial charge in [-0.25, -0.2) is 0 Å². The number of furan rings is 4. The summed E-state index contributed by atoms with van der Waals surface area (Å²) in [6.45, 7) is 24.8. The Morgan fingerprint density at radius 1 is 0.256 bits per heavy atom. The maximum Gasteiger partial charge on any atom is 0.252 e. The molecule has 18 aromatic carbocycles. The Kier molecular flexibility index (Phi) is 16.9. The number of aryl methyl sites for hydroxylation is 1. The largest absolute Gasteiger partial charge is 0.456 e. The van der Waals surface area contributed by atoms with E-state index in [4.69, 9.17) is 17.7 Å². The lowest BCUT2D eigenvalue weighted by Gasteiger charge is -2.46. The van der Waals surface area contributed by atoms with Crippen molar-refractivity contribution in [2.45, 2.75) is 112 Å². The van der Waals surface area contributed by atoms with Gasteiger partial charge in [-0.05, 0) is 256 Å². The Labute approximate surface area is 778 Å². The standard InChI is InChI=1S/C125H98BN3O4/c1-73-56-58-99-103(60-73)129(120-96(87-45-32-54-112-116(87)91-41-23-28-50-108(91)132-112)67-81(123(5,6)7)68-97(120)88-46-33-55-113-117(88)92-42-24-29-51-109(92)133-113)105-72-83(127-101-47-25-20-38-84(101)93-69-82(124(8,9)10)70-98(121(93)127)125(11,12)13)71-104-118(105)126(99)100-64-76(79-62-77(74-34-16-14-17-35-74)61-78(63-79)75-36-18-15-19-37-75)57-59-102(100)128(104)119-94(85-43-30-52-110-114(85)89-39-21-26-48-106(89)130-110)65-80(122(2,3)4)66-95(119)86-44-31-53-111-115(86)90-40-22-27-49-107(90)131-111/h14-72H,1-13H3/i1D3. The van der Waals surface area contributed by atoms with Gasteiger partial charge in [0.15, 0.2) is 0 Å². The van der Waals surface area contributed by atoms with Crippen molar-refractivity contribution in [2.75, 3.05) is 9.80 Å². The molecule has 25 rings (SSSR count). The van der Waals surface area contributed by atoms with Gasteiger partial charge < -0.3 is 32.0 Å². The summed E-state index contributed by atoms with van der Waals surface area (Å²) in [4.78, 5) is 5.20. The molecule has 0 aliphatic carbocycles. The van der Waals surface area contributed by atoms with Crippen molar-refractivity contribution in [3.05, 3.63) is 386 Å². The number of hydrogen-bond donors (Lipinski definition) is 0. The van der Waals surface area contributed by atoms with Crippen LogP contribution in [0, 0.1) is 6.85 Å². The van der Waals surface area contributed by atoms with Gasteiger partial charge in [0.25, 0.3) is 6.71 Å². The summed E-state index contributed by atoms with van der Waals surface area (Å²) in [6, 6.07) is 131. The molecule has 0 amide bonds. The zero-order valence-electron chi connectivity index (χ0n) is 79.6. The summed E-state index contributed by atoms with van der Waals surface area (Å²) in [5, 5.41) is 10.1. The Hall–Kier alpha value is -15.4. The number of anilines is 6. The maximum atomic E-state index is 9.90. The van der Waals surface area contributed by atoms with Crippen LogP contribution in [0.4, 0.5) is 34.1 Å². The van der Waals surface area contributed by atoms with Gasteiger partial charge >= 0.3 is 0 Å². The summed E-state index contributed by atoms with van der Waals surface area (Å²) < 4.78 is 60.7. The second-order valence-corrected chi connectivity index (χ2v) is 40.8. The fourth-order valence-electron chi connectivity index (χ4n) is 22.0. The smallest absolute Gasteiger partial charge is 0.252 e. The lowest BCUT2D eigenvalue weighted by Crippen LogP contribution is -2.61. The number of benzene rings is 18. The Bertz CT molecular complexity index is 8650. The van der Waals surface area contributed by atoms with E-state index in [2.05, 4.69) is 431 Å². The van der Waals surface area contributed by atoms with Crippen molar-refractivity contribution in [3.63, 3.8) is 0 Å². The predicted molar refractivity (Wildman–Crippen MR) is 562 cm³/mol. The van der Waals surface area contributed by atoms with E-state index in [9.17, 15) is 4.11 Å².